The van der Waals surface area contributed by atoms with E-state index >= 15 is 0 Å². The van der Waals surface area contributed by atoms with Gasteiger partial charge in [0.1, 0.15) is 6.17 Å². The van der Waals surface area contributed by atoms with Gasteiger partial charge in [0.2, 0.25) is 0 Å². The van der Waals surface area contributed by atoms with Gasteiger partial charge in [-0.25, -0.2) is 4.39 Å². The van der Waals surface area contributed by atoms with E-state index in [1.165, 1.54) is 0 Å². The number of hydrogen-bond donors (Lipinski definition) is 1. The molecular formula is C16H13F4NO. The third-order valence-corrected chi connectivity index (χ3v) is 3.08. The Balaban J connectivity index is 1.95. The molecule has 1 amide bonds. The molecule has 0 saturated heterocycles. The van der Waals surface area contributed by atoms with Crippen LogP contribution in [0, 0.1) is 0 Å². The molecule has 0 aliphatic rings. The van der Waals surface area contributed by atoms with Crippen LogP contribution < -0.4 is 5.32 Å². The van der Waals surface area contributed by atoms with Gasteiger partial charge < -0.3 is 5.32 Å². The highest BCUT2D eigenvalue weighted by Gasteiger charge is 2.30. The average molecular weight is 311 g/mol. The minimum absolute atomic E-state index is 0.0493. The SMILES string of the molecule is O=C(NCC(F)c1ccccc1)c1ccc(C(F)(F)F)cc1. The molecule has 0 radical (unpaired) electrons. The molecule has 0 fully saturated rings. The Morgan fingerprint density at radius 2 is 1.59 bits per heavy atom. The molecule has 116 valence electrons. The van der Waals surface area contributed by atoms with Gasteiger partial charge in [0.05, 0.1) is 12.1 Å². The van der Waals surface area contributed by atoms with Gasteiger partial charge in [-0.3, -0.25) is 4.79 Å². The topological polar surface area (TPSA) is 29.1 Å². The molecule has 2 rings (SSSR count). The van der Waals surface area contributed by atoms with Crippen molar-refractivity contribution in [3.63, 3.8) is 0 Å². The summed E-state index contributed by atoms with van der Waals surface area (Å²) in [6.07, 6.45) is -5.83. The van der Waals surface area contributed by atoms with Crippen LogP contribution >= 0.6 is 0 Å². The van der Waals surface area contributed by atoms with Gasteiger partial charge in [-0.15, -0.1) is 0 Å². The third kappa shape index (κ3) is 4.07. The number of hydrogen-bond acceptors (Lipinski definition) is 1. The van der Waals surface area contributed by atoms with E-state index in [0.717, 1.165) is 24.3 Å². The van der Waals surface area contributed by atoms with Gasteiger partial charge in [0, 0.05) is 5.56 Å². The molecule has 0 bridgehead atoms. The standard InChI is InChI=1S/C16H13F4NO/c17-14(11-4-2-1-3-5-11)10-21-15(22)12-6-8-13(9-7-12)16(18,19)20/h1-9,14H,10H2,(H,21,22). The average Bonchev–Trinajstić information content (AvgIpc) is 2.52. The van der Waals surface area contributed by atoms with Gasteiger partial charge in [0.25, 0.3) is 5.91 Å². The maximum Gasteiger partial charge on any atom is 0.416 e. The van der Waals surface area contributed by atoms with E-state index in [1.54, 1.807) is 30.3 Å². The Hall–Kier alpha value is -2.37. The first kappa shape index (κ1) is 16.0. The van der Waals surface area contributed by atoms with Gasteiger partial charge in [-0.2, -0.15) is 13.2 Å². The minimum atomic E-state index is -4.45. The van der Waals surface area contributed by atoms with E-state index in [1.807, 2.05) is 0 Å². The molecule has 0 aromatic heterocycles. The van der Waals surface area contributed by atoms with Crippen molar-refractivity contribution < 1.29 is 22.4 Å². The molecule has 0 spiro atoms. The molecule has 1 unspecified atom stereocenters. The van der Waals surface area contributed by atoms with Crippen LogP contribution in [0.5, 0.6) is 0 Å². The zero-order chi connectivity index (χ0) is 16.2. The van der Waals surface area contributed by atoms with Crippen molar-refractivity contribution in [1.82, 2.24) is 5.32 Å². The highest BCUT2D eigenvalue weighted by molar-refractivity contribution is 5.94. The number of halogens is 4. The van der Waals surface area contributed by atoms with E-state index < -0.39 is 23.8 Å². The van der Waals surface area contributed by atoms with Gasteiger partial charge in [-0.05, 0) is 29.8 Å². The van der Waals surface area contributed by atoms with E-state index in [0.29, 0.717) is 5.56 Å². The van der Waals surface area contributed by atoms with Crippen molar-refractivity contribution in [1.29, 1.82) is 0 Å². The van der Waals surface area contributed by atoms with Crippen LogP contribution in [0.4, 0.5) is 17.6 Å². The van der Waals surface area contributed by atoms with Gasteiger partial charge >= 0.3 is 6.18 Å². The molecule has 1 N–H and O–H groups in total. The summed E-state index contributed by atoms with van der Waals surface area (Å²) in [7, 11) is 0. The molecule has 2 aromatic rings. The normalized spacial score (nSPS) is 12.7. The Bertz CT molecular complexity index is 623. The Morgan fingerprint density at radius 1 is 1.00 bits per heavy atom. The van der Waals surface area contributed by atoms with Crippen molar-refractivity contribution >= 4 is 5.91 Å². The molecule has 1 atom stereocenters. The van der Waals surface area contributed by atoms with Crippen molar-refractivity contribution in [3.8, 4) is 0 Å². The number of nitrogens with one attached hydrogen (secondary N) is 1. The summed E-state index contributed by atoms with van der Waals surface area (Å²) in [5, 5.41) is 2.36. The quantitative estimate of drug-likeness (QED) is 0.845. The van der Waals surface area contributed by atoms with Crippen LogP contribution in [0.25, 0.3) is 0 Å². The van der Waals surface area contributed by atoms with Crippen molar-refractivity contribution in [2.45, 2.75) is 12.3 Å². The second-order valence-electron chi connectivity index (χ2n) is 4.66. The molecule has 2 nitrogen and oxygen atoms in total. The highest BCUT2D eigenvalue weighted by atomic mass is 19.4. The zero-order valence-electron chi connectivity index (χ0n) is 11.4. The first-order chi connectivity index (χ1) is 10.4. The maximum absolute atomic E-state index is 13.9. The highest BCUT2D eigenvalue weighted by Crippen LogP contribution is 2.29. The van der Waals surface area contributed by atoms with Gasteiger partial charge in [0.15, 0.2) is 0 Å². The molecule has 0 aliphatic heterocycles. The van der Waals surface area contributed by atoms with Crippen LogP contribution in [0.2, 0.25) is 0 Å². The van der Waals surface area contributed by atoms with Crippen LogP contribution in [0.1, 0.15) is 27.7 Å². The fourth-order valence-corrected chi connectivity index (χ4v) is 1.87. The smallest absolute Gasteiger partial charge is 0.349 e. The summed E-state index contributed by atoms with van der Waals surface area (Å²) in [4.78, 5) is 11.8. The van der Waals surface area contributed by atoms with Crippen molar-refractivity contribution in [3.05, 3.63) is 71.3 Å². The predicted octanol–water partition coefficient (Wildman–Crippen LogP) is 4.15. The summed E-state index contributed by atoms with van der Waals surface area (Å²) in [5.41, 5.74) is -0.361. The van der Waals surface area contributed by atoms with E-state index in [4.69, 9.17) is 0 Å². The molecular weight excluding hydrogens is 298 g/mol. The number of amides is 1. The molecule has 0 saturated carbocycles. The first-order valence-corrected chi connectivity index (χ1v) is 6.52. The molecule has 0 aliphatic carbocycles. The second-order valence-corrected chi connectivity index (χ2v) is 4.66. The van der Waals surface area contributed by atoms with Crippen molar-refractivity contribution in [2.75, 3.05) is 6.54 Å². The largest absolute Gasteiger partial charge is 0.416 e. The Labute approximate surface area is 124 Å². The fourth-order valence-electron chi connectivity index (χ4n) is 1.87. The summed E-state index contributed by atoms with van der Waals surface area (Å²) >= 11 is 0. The lowest BCUT2D eigenvalue weighted by atomic mass is 10.1. The van der Waals surface area contributed by atoms with E-state index in [2.05, 4.69) is 5.32 Å². The van der Waals surface area contributed by atoms with Crippen molar-refractivity contribution in [2.24, 2.45) is 0 Å². The van der Waals surface area contributed by atoms with E-state index in [-0.39, 0.29) is 12.1 Å². The summed E-state index contributed by atoms with van der Waals surface area (Å²) in [6.45, 7) is -0.246. The third-order valence-electron chi connectivity index (χ3n) is 3.08. The lowest BCUT2D eigenvalue weighted by Crippen LogP contribution is -2.27. The maximum atomic E-state index is 13.9. The monoisotopic (exact) mass is 311 g/mol. The second kappa shape index (κ2) is 6.60. The summed E-state index contributed by atoms with van der Waals surface area (Å²) in [6, 6.07) is 12.1. The minimum Gasteiger partial charge on any atom is -0.349 e. The van der Waals surface area contributed by atoms with Gasteiger partial charge in [-0.1, -0.05) is 30.3 Å². The predicted molar refractivity (Wildman–Crippen MR) is 74.1 cm³/mol. The van der Waals surface area contributed by atoms with Crippen LogP contribution in [0.3, 0.4) is 0 Å². The van der Waals surface area contributed by atoms with E-state index in [9.17, 15) is 22.4 Å². The van der Waals surface area contributed by atoms with Crippen LogP contribution in [0.15, 0.2) is 54.6 Å². The summed E-state index contributed by atoms with van der Waals surface area (Å²) in [5.74, 6) is -0.618. The Kier molecular flexibility index (Phi) is 4.80. The number of carbonyl (C=O) groups excluding carboxylic acids is 1. The molecule has 22 heavy (non-hydrogen) atoms. The first-order valence-electron chi connectivity index (χ1n) is 6.52. The Morgan fingerprint density at radius 3 is 2.14 bits per heavy atom. The van der Waals surface area contributed by atoms with Crippen LogP contribution in [-0.2, 0) is 6.18 Å². The fraction of sp³-hybridized carbons (Fsp3) is 0.188. The molecule has 0 heterocycles. The molecule has 2 aromatic carbocycles. The van der Waals surface area contributed by atoms with Crippen LogP contribution in [-0.4, -0.2) is 12.5 Å². The number of rotatable bonds is 4. The zero-order valence-corrected chi connectivity index (χ0v) is 11.4. The summed E-state index contributed by atoms with van der Waals surface area (Å²) < 4.78 is 51.1. The molecule has 6 heteroatoms. The lowest BCUT2D eigenvalue weighted by Gasteiger charge is -2.11. The number of carbonyl (C=O) groups is 1. The number of benzene rings is 2. The lowest BCUT2D eigenvalue weighted by molar-refractivity contribution is -0.137. The number of alkyl halides is 4.